The quantitative estimate of drug-likeness (QED) is 0.174. The number of carbonyl (C=O) groups is 3. The summed E-state index contributed by atoms with van der Waals surface area (Å²) in [6.45, 7) is 1.90. The lowest BCUT2D eigenvalue weighted by Crippen LogP contribution is -2.52. The number of nitrogens with zero attached hydrogens (tertiary/aromatic N) is 2. The van der Waals surface area contributed by atoms with E-state index in [1.54, 1.807) is 31.2 Å². The van der Waals surface area contributed by atoms with Crippen molar-refractivity contribution in [2.45, 2.75) is 24.9 Å². The Balaban J connectivity index is 1.79. The smallest absolute Gasteiger partial charge is 0.333 e. The van der Waals surface area contributed by atoms with Gasteiger partial charge in [-0.15, -0.1) is 0 Å². The highest BCUT2D eigenvalue weighted by Crippen LogP contribution is 2.46. The van der Waals surface area contributed by atoms with Crippen LogP contribution in [0.5, 0.6) is 0 Å². The van der Waals surface area contributed by atoms with Gasteiger partial charge in [-0.05, 0) is 35.7 Å². The molecular weight excluding hydrogens is 476 g/mol. The largest absolute Gasteiger partial charge is 0.466 e. The van der Waals surface area contributed by atoms with Crippen molar-refractivity contribution in [3.8, 4) is 0 Å². The van der Waals surface area contributed by atoms with Crippen molar-refractivity contribution < 1.29 is 19.1 Å². The third-order valence-corrected chi connectivity index (χ3v) is 6.82. The highest BCUT2D eigenvalue weighted by atomic mass is 16.5. The molecule has 0 N–H and O–H groups in total. The molecule has 0 radical (unpaired) electrons. The average Bonchev–Trinajstić information content (AvgIpc) is 3.21. The molecule has 1 aliphatic rings. The van der Waals surface area contributed by atoms with Gasteiger partial charge in [0.25, 0.3) is 5.91 Å². The van der Waals surface area contributed by atoms with Crippen LogP contribution in [0.25, 0.3) is 0 Å². The third kappa shape index (κ3) is 4.24. The zero-order valence-electron chi connectivity index (χ0n) is 21.1. The molecule has 0 saturated carbocycles. The van der Waals surface area contributed by atoms with Crippen LogP contribution in [0.3, 0.4) is 0 Å². The van der Waals surface area contributed by atoms with E-state index in [1.807, 2.05) is 97.1 Å². The van der Waals surface area contributed by atoms with Gasteiger partial charge in [-0.3, -0.25) is 14.5 Å². The first-order valence-electron chi connectivity index (χ1n) is 12.6. The van der Waals surface area contributed by atoms with Crippen molar-refractivity contribution in [1.82, 2.24) is 4.90 Å². The van der Waals surface area contributed by atoms with Gasteiger partial charge in [0.1, 0.15) is 11.6 Å². The van der Waals surface area contributed by atoms with Crippen LogP contribution in [-0.2, 0) is 19.9 Å². The summed E-state index contributed by atoms with van der Waals surface area (Å²) in [6, 6.07) is 36.0. The summed E-state index contributed by atoms with van der Waals surface area (Å²) < 4.78 is 5.20. The standard InChI is InChI=1S/C32H28N2O4/c1-2-38-29(35)23-28-30(36)34(31(37)33(28)27-21-13-6-14-22-27)32(24-15-7-3-8-16-24,25-17-9-4-10-18-25)26-19-11-5-12-20-26/h3-22,28H,2,23H2,1H3. The molecule has 1 unspecified atom stereocenters. The van der Waals surface area contributed by atoms with E-state index < -0.39 is 29.5 Å². The summed E-state index contributed by atoms with van der Waals surface area (Å²) in [4.78, 5) is 44.4. The monoisotopic (exact) mass is 504 g/mol. The molecule has 0 aromatic heterocycles. The van der Waals surface area contributed by atoms with Crippen molar-refractivity contribution in [2.75, 3.05) is 11.5 Å². The number of anilines is 1. The Labute approximate surface area is 222 Å². The fourth-order valence-corrected chi connectivity index (χ4v) is 5.26. The number of hydrogen-bond donors (Lipinski definition) is 0. The molecule has 5 rings (SSSR count). The highest BCUT2D eigenvalue weighted by molar-refractivity contribution is 6.16. The van der Waals surface area contributed by atoms with Crippen LogP contribution in [0.2, 0.25) is 0 Å². The van der Waals surface area contributed by atoms with Gasteiger partial charge in [0.2, 0.25) is 0 Å². The molecule has 1 aliphatic heterocycles. The maximum atomic E-state index is 14.5. The van der Waals surface area contributed by atoms with Crippen LogP contribution in [-0.4, -0.2) is 35.5 Å². The maximum absolute atomic E-state index is 14.5. The second-order valence-electron chi connectivity index (χ2n) is 9.00. The van der Waals surface area contributed by atoms with E-state index in [1.165, 1.54) is 9.80 Å². The molecular formula is C32H28N2O4. The van der Waals surface area contributed by atoms with Crippen LogP contribution in [0.4, 0.5) is 10.5 Å². The Bertz CT molecular complexity index is 1310. The number of urea groups is 1. The highest BCUT2D eigenvalue weighted by Gasteiger charge is 2.57. The summed E-state index contributed by atoms with van der Waals surface area (Å²) in [5.74, 6) is -1.00. The number of amides is 3. The lowest BCUT2D eigenvalue weighted by molar-refractivity contribution is -0.145. The van der Waals surface area contributed by atoms with E-state index in [0.29, 0.717) is 5.69 Å². The number of esters is 1. The van der Waals surface area contributed by atoms with Gasteiger partial charge in [-0.1, -0.05) is 109 Å². The molecule has 0 spiro atoms. The molecule has 38 heavy (non-hydrogen) atoms. The van der Waals surface area contributed by atoms with E-state index >= 15 is 0 Å². The Hall–Kier alpha value is -4.71. The van der Waals surface area contributed by atoms with Gasteiger partial charge < -0.3 is 4.74 Å². The molecule has 6 heteroatoms. The maximum Gasteiger partial charge on any atom is 0.333 e. The van der Waals surface area contributed by atoms with E-state index in [2.05, 4.69) is 0 Å². The minimum absolute atomic E-state index is 0.185. The van der Waals surface area contributed by atoms with E-state index in [9.17, 15) is 14.4 Å². The number of rotatable bonds is 8. The summed E-state index contributed by atoms with van der Waals surface area (Å²) >= 11 is 0. The zero-order valence-corrected chi connectivity index (χ0v) is 21.1. The van der Waals surface area contributed by atoms with Crippen molar-refractivity contribution >= 4 is 23.6 Å². The SMILES string of the molecule is CCOC(=O)CC1C(=O)N(C(c2ccccc2)(c2ccccc2)c2ccccc2)C(=O)N1c1ccccc1. The number of hydrogen-bond acceptors (Lipinski definition) is 4. The molecule has 190 valence electrons. The second-order valence-corrected chi connectivity index (χ2v) is 9.00. The van der Waals surface area contributed by atoms with E-state index in [0.717, 1.165) is 16.7 Å². The molecule has 1 heterocycles. The number of ether oxygens (including phenoxy) is 1. The predicted octanol–water partition coefficient (Wildman–Crippen LogP) is 5.77. The Morgan fingerprint density at radius 3 is 1.55 bits per heavy atom. The summed E-state index contributed by atoms with van der Waals surface area (Å²) in [5, 5.41) is 0. The van der Waals surface area contributed by atoms with Crippen LogP contribution in [0, 0.1) is 0 Å². The summed E-state index contributed by atoms with van der Waals surface area (Å²) in [7, 11) is 0. The molecule has 0 bridgehead atoms. The Morgan fingerprint density at radius 1 is 0.711 bits per heavy atom. The van der Waals surface area contributed by atoms with Crippen LogP contribution in [0.1, 0.15) is 30.0 Å². The summed E-state index contributed by atoms with van der Waals surface area (Å²) in [6.07, 6.45) is -0.252. The normalized spacial score (nSPS) is 15.6. The topological polar surface area (TPSA) is 66.9 Å². The van der Waals surface area contributed by atoms with E-state index in [4.69, 9.17) is 4.74 Å². The molecule has 4 aromatic rings. The lowest BCUT2D eigenvalue weighted by atomic mass is 9.75. The van der Waals surface area contributed by atoms with Gasteiger partial charge in [0.15, 0.2) is 0 Å². The van der Waals surface area contributed by atoms with E-state index in [-0.39, 0.29) is 13.0 Å². The number of para-hydroxylation sites is 1. The molecule has 1 fully saturated rings. The Kier molecular flexibility index (Phi) is 7.05. The number of benzene rings is 4. The predicted molar refractivity (Wildman–Crippen MR) is 145 cm³/mol. The number of carbonyl (C=O) groups excluding carboxylic acids is 3. The second kappa shape index (κ2) is 10.7. The first-order valence-corrected chi connectivity index (χ1v) is 12.6. The third-order valence-electron chi connectivity index (χ3n) is 6.82. The zero-order chi connectivity index (χ0) is 26.5. The lowest BCUT2D eigenvalue weighted by Gasteiger charge is -2.42. The summed E-state index contributed by atoms with van der Waals surface area (Å²) in [5.41, 5.74) is 1.51. The van der Waals surface area contributed by atoms with Crippen LogP contribution in [0.15, 0.2) is 121 Å². The average molecular weight is 505 g/mol. The number of imide groups is 1. The van der Waals surface area contributed by atoms with Gasteiger partial charge in [0.05, 0.1) is 13.0 Å². The molecule has 3 amide bonds. The van der Waals surface area contributed by atoms with Gasteiger partial charge in [-0.2, -0.15) is 0 Å². The molecule has 1 atom stereocenters. The fraction of sp³-hybridized carbons (Fsp3) is 0.156. The van der Waals surface area contributed by atoms with Gasteiger partial charge in [0, 0.05) is 5.69 Å². The van der Waals surface area contributed by atoms with Crippen molar-refractivity contribution in [3.63, 3.8) is 0 Å². The molecule has 0 aliphatic carbocycles. The minimum atomic E-state index is -1.28. The molecule has 6 nitrogen and oxygen atoms in total. The van der Waals surface area contributed by atoms with Crippen molar-refractivity contribution in [2.24, 2.45) is 0 Å². The molecule has 1 saturated heterocycles. The van der Waals surface area contributed by atoms with Crippen LogP contribution >= 0.6 is 0 Å². The van der Waals surface area contributed by atoms with Crippen LogP contribution < -0.4 is 4.90 Å². The first kappa shape index (κ1) is 25.0. The Morgan fingerprint density at radius 2 is 1.13 bits per heavy atom. The van der Waals surface area contributed by atoms with Gasteiger partial charge in [-0.25, -0.2) is 9.69 Å². The van der Waals surface area contributed by atoms with Crippen molar-refractivity contribution in [1.29, 1.82) is 0 Å². The molecule has 4 aromatic carbocycles. The fourth-order valence-electron chi connectivity index (χ4n) is 5.26. The van der Waals surface area contributed by atoms with Gasteiger partial charge >= 0.3 is 12.0 Å². The first-order chi connectivity index (χ1) is 18.6. The minimum Gasteiger partial charge on any atom is -0.466 e. The van der Waals surface area contributed by atoms with Crippen molar-refractivity contribution in [3.05, 3.63) is 138 Å².